The van der Waals surface area contributed by atoms with Crippen molar-refractivity contribution in [1.82, 2.24) is 10.3 Å². The summed E-state index contributed by atoms with van der Waals surface area (Å²) in [6.07, 6.45) is 3.12. The number of piperidine rings is 1. The number of hydroxylamine groups is 2. The van der Waals surface area contributed by atoms with E-state index in [1.54, 1.807) is 10.9 Å². The molecule has 1 aromatic rings. The van der Waals surface area contributed by atoms with E-state index in [0.29, 0.717) is 0 Å². The molecule has 2 rings (SSSR count). The van der Waals surface area contributed by atoms with E-state index in [-0.39, 0.29) is 35.1 Å². The molecule has 1 fully saturated rings. The molecule has 0 bridgehead atoms. The molecule has 1 aromatic heterocycles. The van der Waals surface area contributed by atoms with Gasteiger partial charge >= 0.3 is 0 Å². The van der Waals surface area contributed by atoms with Crippen LogP contribution in [0.4, 0.5) is 0 Å². The standard InChI is InChI=1S/C11H20N4O2.ClH/c1-10(2)5-8(6-11(3,4)15(10)16)14-7-9(12)17-13-14;/h7-8,12,16H,5-6H2,1-4H3;1H. The number of aromatic nitrogens is 2. The first-order valence-electron chi connectivity index (χ1n) is 5.81. The van der Waals surface area contributed by atoms with Gasteiger partial charge in [-0.2, -0.15) is 5.06 Å². The van der Waals surface area contributed by atoms with Crippen LogP contribution in [0.1, 0.15) is 46.6 Å². The largest absolute Gasteiger partial charge is 0.487 e. The van der Waals surface area contributed by atoms with Gasteiger partial charge in [-0.05, 0) is 27.7 Å². The van der Waals surface area contributed by atoms with Crippen LogP contribution in [-0.2, 0) is 0 Å². The molecule has 0 atom stereocenters. The lowest BCUT2D eigenvalue weighted by Crippen LogP contribution is -2.63. The van der Waals surface area contributed by atoms with Crippen LogP contribution in [0.3, 0.4) is 0 Å². The van der Waals surface area contributed by atoms with E-state index in [1.807, 2.05) is 27.7 Å². The maximum Gasteiger partial charge on any atom is 0.264 e. The molecule has 0 aromatic carbocycles. The average Bonchev–Trinajstić information content (AvgIpc) is 2.60. The van der Waals surface area contributed by atoms with Gasteiger partial charge in [0.05, 0.1) is 0 Å². The van der Waals surface area contributed by atoms with Gasteiger partial charge in [0.25, 0.3) is 5.55 Å². The molecule has 1 saturated heterocycles. The summed E-state index contributed by atoms with van der Waals surface area (Å²) in [5.74, 6) is 0. The van der Waals surface area contributed by atoms with Crippen molar-refractivity contribution in [2.45, 2.75) is 57.7 Å². The first-order valence-corrected chi connectivity index (χ1v) is 5.81. The fraction of sp³-hybridized carbons (Fsp3) is 0.818. The van der Waals surface area contributed by atoms with E-state index in [1.165, 1.54) is 5.06 Å². The molecule has 0 spiro atoms. The number of nitrogens with zero attached hydrogens (tertiary/aromatic N) is 3. The van der Waals surface area contributed by atoms with E-state index in [4.69, 9.17) is 9.93 Å². The second-order valence-corrected chi connectivity index (χ2v) is 6.05. The SMILES string of the molecule is CC1(C)CC([n+]2cc(=N)o[n-]2)CC(C)(C)N1O.Cl. The van der Waals surface area contributed by atoms with Crippen molar-refractivity contribution in [1.29, 1.82) is 5.41 Å². The molecule has 0 aliphatic carbocycles. The Balaban J connectivity index is 0.00000162. The summed E-state index contributed by atoms with van der Waals surface area (Å²) in [4.78, 5) is 0. The van der Waals surface area contributed by atoms with Crippen LogP contribution < -0.4 is 15.5 Å². The lowest BCUT2D eigenvalue weighted by Gasteiger charge is -2.49. The van der Waals surface area contributed by atoms with Gasteiger partial charge in [0.1, 0.15) is 0 Å². The van der Waals surface area contributed by atoms with Gasteiger partial charge in [-0.3, -0.25) is 10.7 Å². The van der Waals surface area contributed by atoms with Crippen LogP contribution in [0.25, 0.3) is 0 Å². The van der Waals surface area contributed by atoms with Gasteiger partial charge in [-0.25, -0.2) is 4.68 Å². The smallest absolute Gasteiger partial charge is 0.264 e. The highest BCUT2D eigenvalue weighted by atomic mass is 35.5. The molecule has 2 N–H and O–H groups in total. The first kappa shape index (κ1) is 15.2. The summed E-state index contributed by atoms with van der Waals surface area (Å²) in [5, 5.41) is 22.8. The zero-order valence-corrected chi connectivity index (χ0v) is 12.0. The summed E-state index contributed by atoms with van der Waals surface area (Å²) >= 11 is 0. The van der Waals surface area contributed by atoms with E-state index < -0.39 is 0 Å². The number of nitrogens with one attached hydrogen (secondary N) is 1. The van der Waals surface area contributed by atoms with Crippen molar-refractivity contribution >= 4 is 12.4 Å². The Bertz CT molecular complexity index is 448. The molecule has 18 heavy (non-hydrogen) atoms. The summed E-state index contributed by atoms with van der Waals surface area (Å²) in [6, 6.07) is 0.145. The second-order valence-electron chi connectivity index (χ2n) is 6.05. The third-order valence-corrected chi connectivity index (χ3v) is 3.47. The molecule has 0 radical (unpaired) electrons. The lowest BCUT2D eigenvalue weighted by atomic mass is 9.79. The summed E-state index contributed by atoms with van der Waals surface area (Å²) in [5.41, 5.74) is -0.576. The molecule has 7 heteroatoms. The maximum atomic E-state index is 10.2. The Kier molecular flexibility index (Phi) is 3.95. The van der Waals surface area contributed by atoms with E-state index in [9.17, 15) is 5.21 Å². The zero-order chi connectivity index (χ0) is 12.8. The number of rotatable bonds is 1. The summed E-state index contributed by atoms with van der Waals surface area (Å²) < 4.78 is 6.48. The van der Waals surface area contributed by atoms with Gasteiger partial charge in [0.2, 0.25) is 6.20 Å². The van der Waals surface area contributed by atoms with Crippen molar-refractivity contribution in [2.75, 3.05) is 0 Å². The van der Waals surface area contributed by atoms with Crippen LogP contribution in [0, 0.1) is 5.41 Å². The number of hydrogen-bond acceptors (Lipinski definition) is 4. The fourth-order valence-electron chi connectivity index (χ4n) is 2.84. The Morgan fingerprint density at radius 1 is 1.39 bits per heavy atom. The van der Waals surface area contributed by atoms with Crippen LogP contribution >= 0.6 is 12.4 Å². The Labute approximate surface area is 112 Å². The Morgan fingerprint density at radius 2 is 1.89 bits per heavy atom. The number of halogens is 1. The average molecular weight is 277 g/mol. The van der Waals surface area contributed by atoms with Gasteiger partial charge in [0, 0.05) is 23.9 Å². The highest BCUT2D eigenvalue weighted by Gasteiger charge is 2.47. The molecule has 0 saturated carbocycles. The topological polar surface area (TPSA) is 78.4 Å². The Morgan fingerprint density at radius 3 is 2.28 bits per heavy atom. The maximum absolute atomic E-state index is 10.2. The predicted octanol–water partition coefficient (Wildman–Crippen LogP) is 1.01. The third kappa shape index (κ3) is 2.60. The van der Waals surface area contributed by atoms with Crippen LogP contribution in [0.5, 0.6) is 0 Å². The zero-order valence-electron chi connectivity index (χ0n) is 11.2. The molecular formula is C11H21ClN4O2. The van der Waals surface area contributed by atoms with Crippen molar-refractivity contribution < 1.29 is 14.4 Å². The third-order valence-electron chi connectivity index (χ3n) is 3.47. The molecule has 1 aliphatic rings. The lowest BCUT2D eigenvalue weighted by molar-refractivity contribution is -0.796. The fourth-order valence-corrected chi connectivity index (χ4v) is 2.84. The van der Waals surface area contributed by atoms with Gasteiger partial charge in [-0.15, -0.1) is 12.4 Å². The van der Waals surface area contributed by atoms with Crippen LogP contribution in [0.15, 0.2) is 10.7 Å². The van der Waals surface area contributed by atoms with Gasteiger partial charge in [-0.1, -0.05) is 0 Å². The predicted molar refractivity (Wildman–Crippen MR) is 65.4 cm³/mol. The highest BCUT2D eigenvalue weighted by molar-refractivity contribution is 5.85. The molecule has 1 aliphatic heterocycles. The van der Waals surface area contributed by atoms with Crippen molar-refractivity contribution in [3.63, 3.8) is 0 Å². The minimum Gasteiger partial charge on any atom is -0.487 e. The first-order chi connectivity index (χ1) is 7.72. The monoisotopic (exact) mass is 276 g/mol. The summed E-state index contributed by atoms with van der Waals surface area (Å²) in [6.45, 7) is 8.01. The molecule has 6 nitrogen and oxygen atoms in total. The van der Waals surface area contributed by atoms with Gasteiger partial charge < -0.3 is 9.73 Å². The van der Waals surface area contributed by atoms with E-state index >= 15 is 0 Å². The Hall–Kier alpha value is -0.850. The quantitative estimate of drug-likeness (QED) is 0.751. The second kappa shape index (κ2) is 4.68. The minimum atomic E-state index is -0.319. The highest BCUT2D eigenvalue weighted by Crippen LogP contribution is 2.39. The normalized spacial score (nSPS) is 23.6. The minimum absolute atomic E-state index is 0. The molecular weight excluding hydrogens is 256 g/mol. The van der Waals surface area contributed by atoms with Crippen molar-refractivity contribution in [2.24, 2.45) is 0 Å². The van der Waals surface area contributed by atoms with Gasteiger partial charge in [0.15, 0.2) is 6.04 Å². The van der Waals surface area contributed by atoms with E-state index in [0.717, 1.165) is 12.8 Å². The number of hydrogen-bond donors (Lipinski definition) is 2. The molecule has 2 heterocycles. The van der Waals surface area contributed by atoms with Crippen molar-refractivity contribution in [3.8, 4) is 0 Å². The molecule has 0 amide bonds. The summed E-state index contributed by atoms with van der Waals surface area (Å²) in [7, 11) is 0. The van der Waals surface area contributed by atoms with Crippen LogP contribution in [-0.4, -0.2) is 21.3 Å². The molecule has 0 unspecified atom stereocenters. The molecule has 104 valence electrons. The van der Waals surface area contributed by atoms with Crippen LogP contribution in [0.2, 0.25) is 0 Å². The van der Waals surface area contributed by atoms with Crippen molar-refractivity contribution in [3.05, 3.63) is 11.8 Å². The van der Waals surface area contributed by atoms with E-state index in [2.05, 4.69) is 5.27 Å².